The summed E-state index contributed by atoms with van der Waals surface area (Å²) in [5.74, 6) is 0.722. The van der Waals surface area contributed by atoms with Crippen LogP contribution < -0.4 is 4.74 Å². The molecule has 1 atom stereocenters. The van der Waals surface area contributed by atoms with Gasteiger partial charge in [0.15, 0.2) is 0 Å². The summed E-state index contributed by atoms with van der Waals surface area (Å²) >= 11 is 0. The van der Waals surface area contributed by atoms with Crippen molar-refractivity contribution in [1.82, 2.24) is 4.98 Å². The number of hydrogen-bond acceptors (Lipinski definition) is 3. The molecular formula is C11H17NO2. The van der Waals surface area contributed by atoms with Crippen LogP contribution in [0, 0.1) is 0 Å². The van der Waals surface area contributed by atoms with Crippen LogP contribution in [0.1, 0.15) is 38.4 Å². The highest BCUT2D eigenvalue weighted by atomic mass is 16.5. The highest BCUT2D eigenvalue weighted by Crippen LogP contribution is 2.20. The molecule has 3 heteroatoms. The molecule has 78 valence electrons. The molecule has 0 saturated heterocycles. The van der Waals surface area contributed by atoms with Gasteiger partial charge in [0.25, 0.3) is 0 Å². The van der Waals surface area contributed by atoms with Crippen molar-refractivity contribution in [1.29, 1.82) is 0 Å². The third kappa shape index (κ3) is 3.00. The van der Waals surface area contributed by atoms with Crippen LogP contribution in [0.25, 0.3) is 0 Å². The van der Waals surface area contributed by atoms with Crippen molar-refractivity contribution in [2.45, 2.75) is 32.8 Å². The Labute approximate surface area is 84.7 Å². The number of hydrogen-bond donors (Lipinski definition) is 1. The number of aliphatic hydroxyl groups is 1. The lowest BCUT2D eigenvalue weighted by Crippen LogP contribution is -1.99. The van der Waals surface area contributed by atoms with Crippen LogP contribution in [0.5, 0.6) is 5.75 Å². The first-order chi connectivity index (χ1) is 6.77. The Bertz CT molecular complexity index is 276. The first kappa shape index (κ1) is 11.0. The summed E-state index contributed by atoms with van der Waals surface area (Å²) in [6.07, 6.45) is 4.64. The summed E-state index contributed by atoms with van der Waals surface area (Å²) in [4.78, 5) is 4.02. The van der Waals surface area contributed by atoms with Crippen LogP contribution in [0.15, 0.2) is 18.5 Å². The van der Waals surface area contributed by atoms with Crippen LogP contribution in [0.2, 0.25) is 0 Å². The van der Waals surface area contributed by atoms with E-state index >= 15 is 0 Å². The predicted octanol–water partition coefficient (Wildman–Crippen LogP) is 2.31. The van der Waals surface area contributed by atoms with Crippen molar-refractivity contribution >= 4 is 0 Å². The minimum absolute atomic E-state index is 0.423. The molecule has 0 aliphatic carbocycles. The lowest BCUT2D eigenvalue weighted by Gasteiger charge is -2.10. The van der Waals surface area contributed by atoms with Crippen LogP contribution in [-0.4, -0.2) is 16.7 Å². The molecule has 0 fully saturated rings. The van der Waals surface area contributed by atoms with Crippen molar-refractivity contribution in [2.24, 2.45) is 0 Å². The maximum absolute atomic E-state index is 9.72. The summed E-state index contributed by atoms with van der Waals surface area (Å²) in [6.45, 7) is 4.59. The summed E-state index contributed by atoms with van der Waals surface area (Å²) in [5, 5.41) is 9.72. The zero-order valence-electron chi connectivity index (χ0n) is 8.73. The molecule has 1 aromatic rings. The van der Waals surface area contributed by atoms with E-state index in [1.807, 2.05) is 19.9 Å². The van der Waals surface area contributed by atoms with Crippen molar-refractivity contribution < 1.29 is 9.84 Å². The highest BCUT2D eigenvalue weighted by molar-refractivity contribution is 5.25. The molecule has 0 aromatic carbocycles. The summed E-state index contributed by atoms with van der Waals surface area (Å²) < 4.78 is 5.30. The maximum Gasteiger partial charge on any atom is 0.137 e. The van der Waals surface area contributed by atoms with Crippen LogP contribution in [0.3, 0.4) is 0 Å². The largest absolute Gasteiger partial charge is 0.492 e. The van der Waals surface area contributed by atoms with Gasteiger partial charge in [-0.25, -0.2) is 0 Å². The Morgan fingerprint density at radius 1 is 1.43 bits per heavy atom. The highest BCUT2D eigenvalue weighted by Gasteiger charge is 2.07. The summed E-state index contributed by atoms with van der Waals surface area (Å²) in [7, 11) is 0. The first-order valence-corrected chi connectivity index (χ1v) is 5.03. The Kier molecular flexibility index (Phi) is 4.40. The third-order valence-corrected chi connectivity index (χ3v) is 1.99. The zero-order valence-corrected chi connectivity index (χ0v) is 8.73. The molecule has 0 amide bonds. The third-order valence-electron chi connectivity index (χ3n) is 1.99. The summed E-state index contributed by atoms with van der Waals surface area (Å²) in [5.41, 5.74) is 0.831. The van der Waals surface area contributed by atoms with Crippen LogP contribution in [-0.2, 0) is 0 Å². The van der Waals surface area contributed by atoms with Gasteiger partial charge in [0.1, 0.15) is 5.75 Å². The van der Waals surface area contributed by atoms with Gasteiger partial charge in [-0.3, -0.25) is 4.98 Å². The summed E-state index contributed by atoms with van der Waals surface area (Å²) in [6, 6.07) is 1.84. The van der Waals surface area contributed by atoms with Gasteiger partial charge in [0.05, 0.1) is 18.9 Å². The second kappa shape index (κ2) is 5.60. The Morgan fingerprint density at radius 3 is 2.86 bits per heavy atom. The van der Waals surface area contributed by atoms with E-state index in [0.29, 0.717) is 6.61 Å². The standard InChI is InChI=1S/C11H17NO2/c1-3-5-11(13)9-6-10(14-4-2)8-12-7-9/h6-8,11,13H,3-5H2,1-2H3. The van der Waals surface area contributed by atoms with E-state index in [4.69, 9.17) is 4.74 Å². The van der Waals surface area contributed by atoms with Gasteiger partial charge in [-0.05, 0) is 19.4 Å². The normalized spacial score (nSPS) is 12.5. The molecular weight excluding hydrogens is 178 g/mol. The van der Waals surface area contributed by atoms with E-state index in [1.165, 1.54) is 0 Å². The monoisotopic (exact) mass is 195 g/mol. The molecule has 0 saturated carbocycles. The number of aliphatic hydroxyl groups excluding tert-OH is 1. The van der Waals surface area contributed by atoms with Crippen molar-refractivity contribution in [2.75, 3.05) is 6.61 Å². The molecule has 1 aromatic heterocycles. The Hall–Kier alpha value is -1.09. The topological polar surface area (TPSA) is 42.4 Å². The lowest BCUT2D eigenvalue weighted by molar-refractivity contribution is 0.165. The van der Waals surface area contributed by atoms with Gasteiger partial charge in [0, 0.05) is 11.8 Å². The number of rotatable bonds is 5. The average molecular weight is 195 g/mol. The average Bonchev–Trinajstić information content (AvgIpc) is 2.19. The number of pyridine rings is 1. The van der Waals surface area contributed by atoms with E-state index in [1.54, 1.807) is 12.4 Å². The second-order valence-electron chi connectivity index (χ2n) is 3.19. The molecule has 1 unspecified atom stereocenters. The molecule has 14 heavy (non-hydrogen) atoms. The molecule has 1 N–H and O–H groups in total. The quantitative estimate of drug-likeness (QED) is 0.784. The van der Waals surface area contributed by atoms with Gasteiger partial charge < -0.3 is 9.84 Å². The minimum Gasteiger partial charge on any atom is -0.492 e. The zero-order chi connectivity index (χ0) is 10.4. The predicted molar refractivity (Wildman–Crippen MR) is 55.3 cm³/mol. The SMILES string of the molecule is CCCC(O)c1cncc(OCC)c1. The Morgan fingerprint density at radius 2 is 2.21 bits per heavy atom. The van der Waals surface area contributed by atoms with Gasteiger partial charge >= 0.3 is 0 Å². The van der Waals surface area contributed by atoms with E-state index in [9.17, 15) is 5.11 Å². The second-order valence-corrected chi connectivity index (χ2v) is 3.19. The van der Waals surface area contributed by atoms with Gasteiger partial charge in [-0.15, -0.1) is 0 Å². The molecule has 3 nitrogen and oxygen atoms in total. The van der Waals surface area contributed by atoms with Gasteiger partial charge in [-0.2, -0.15) is 0 Å². The smallest absolute Gasteiger partial charge is 0.137 e. The number of aromatic nitrogens is 1. The number of ether oxygens (including phenoxy) is 1. The van der Waals surface area contributed by atoms with Gasteiger partial charge in [0.2, 0.25) is 0 Å². The molecule has 0 aliphatic heterocycles. The van der Waals surface area contributed by atoms with E-state index < -0.39 is 6.10 Å². The van der Waals surface area contributed by atoms with E-state index in [-0.39, 0.29) is 0 Å². The molecule has 0 spiro atoms. The maximum atomic E-state index is 9.72. The van der Waals surface area contributed by atoms with Crippen LogP contribution in [0.4, 0.5) is 0 Å². The van der Waals surface area contributed by atoms with E-state index in [2.05, 4.69) is 4.98 Å². The molecule has 1 rings (SSSR count). The minimum atomic E-state index is -0.423. The fourth-order valence-corrected chi connectivity index (χ4v) is 1.30. The lowest BCUT2D eigenvalue weighted by atomic mass is 10.1. The molecule has 1 heterocycles. The van der Waals surface area contributed by atoms with E-state index in [0.717, 1.165) is 24.2 Å². The molecule has 0 radical (unpaired) electrons. The molecule has 0 bridgehead atoms. The van der Waals surface area contributed by atoms with Crippen LogP contribution >= 0.6 is 0 Å². The molecule has 0 aliphatic rings. The van der Waals surface area contributed by atoms with Crippen molar-refractivity contribution in [3.63, 3.8) is 0 Å². The first-order valence-electron chi connectivity index (χ1n) is 5.03. The van der Waals surface area contributed by atoms with Crippen molar-refractivity contribution in [3.8, 4) is 5.75 Å². The fraction of sp³-hybridized carbons (Fsp3) is 0.545. The fourth-order valence-electron chi connectivity index (χ4n) is 1.30. The Balaban J connectivity index is 2.71. The van der Waals surface area contributed by atoms with Gasteiger partial charge in [-0.1, -0.05) is 13.3 Å². The number of nitrogens with zero attached hydrogens (tertiary/aromatic N) is 1. The van der Waals surface area contributed by atoms with Crippen molar-refractivity contribution in [3.05, 3.63) is 24.0 Å².